The van der Waals surface area contributed by atoms with Crippen LogP contribution in [-0.2, 0) is 0 Å². The zero-order chi connectivity index (χ0) is 10.6. The second kappa shape index (κ2) is 4.97. The van der Waals surface area contributed by atoms with Crippen LogP contribution in [0, 0.1) is 5.92 Å². The summed E-state index contributed by atoms with van der Waals surface area (Å²) in [4.78, 5) is 0. The van der Waals surface area contributed by atoms with E-state index in [4.69, 9.17) is 0 Å². The Morgan fingerprint density at radius 2 is 1.79 bits per heavy atom. The first-order chi connectivity index (χ1) is 6.66. The summed E-state index contributed by atoms with van der Waals surface area (Å²) >= 11 is 0. The number of hydrogen-bond acceptors (Lipinski definition) is 1. The van der Waals surface area contributed by atoms with Gasteiger partial charge in [0.15, 0.2) is 0 Å². The molecule has 1 rings (SSSR count). The summed E-state index contributed by atoms with van der Waals surface area (Å²) in [6.07, 6.45) is 0. The third-order valence-corrected chi connectivity index (χ3v) is 2.53. The topological polar surface area (TPSA) is 12.0 Å². The summed E-state index contributed by atoms with van der Waals surface area (Å²) in [5.41, 5.74) is 2.52. The molecule has 14 heavy (non-hydrogen) atoms. The van der Waals surface area contributed by atoms with E-state index in [0.29, 0.717) is 5.92 Å². The van der Waals surface area contributed by atoms with Crippen LogP contribution in [0.4, 0.5) is 0 Å². The van der Waals surface area contributed by atoms with Gasteiger partial charge in [-0.1, -0.05) is 56.3 Å². The van der Waals surface area contributed by atoms with E-state index < -0.39 is 0 Å². The highest BCUT2D eigenvalue weighted by atomic mass is 14.9. The van der Waals surface area contributed by atoms with Gasteiger partial charge in [0.2, 0.25) is 0 Å². The maximum absolute atomic E-state index is 4.14. The Hall–Kier alpha value is -1.08. The molecule has 0 aliphatic heterocycles. The summed E-state index contributed by atoms with van der Waals surface area (Å²) < 4.78 is 0. The Balaban J connectivity index is 2.88. The monoisotopic (exact) mass is 189 g/mol. The summed E-state index contributed by atoms with van der Waals surface area (Å²) in [5, 5.41) is 3.30. The highest BCUT2D eigenvalue weighted by Crippen LogP contribution is 2.24. The van der Waals surface area contributed by atoms with Gasteiger partial charge in [-0.15, -0.1) is 0 Å². The highest BCUT2D eigenvalue weighted by Gasteiger charge is 2.14. The number of hydrogen-bond donors (Lipinski definition) is 1. The Bertz CT molecular complexity index is 287. The van der Waals surface area contributed by atoms with Gasteiger partial charge in [0.05, 0.1) is 6.04 Å². The van der Waals surface area contributed by atoms with Crippen molar-refractivity contribution in [2.24, 2.45) is 5.92 Å². The molecule has 1 N–H and O–H groups in total. The van der Waals surface area contributed by atoms with E-state index in [-0.39, 0.29) is 6.04 Å². The van der Waals surface area contributed by atoms with Crippen molar-refractivity contribution in [2.75, 3.05) is 7.05 Å². The molecule has 1 aromatic rings. The number of likely N-dealkylation sites (N-methyl/N-ethyl adjacent to an activating group) is 1. The lowest BCUT2D eigenvalue weighted by atomic mass is 9.92. The fourth-order valence-electron chi connectivity index (χ4n) is 1.54. The second-order valence-electron chi connectivity index (χ2n) is 3.86. The van der Waals surface area contributed by atoms with Crippen molar-refractivity contribution < 1.29 is 0 Å². The molecule has 1 nitrogen and oxygen atoms in total. The number of benzene rings is 1. The van der Waals surface area contributed by atoms with E-state index in [1.54, 1.807) is 0 Å². The van der Waals surface area contributed by atoms with Crippen molar-refractivity contribution in [3.8, 4) is 0 Å². The van der Waals surface area contributed by atoms with E-state index in [0.717, 1.165) is 0 Å². The minimum atomic E-state index is 0.274. The fraction of sp³-hybridized carbons (Fsp3) is 0.385. The van der Waals surface area contributed by atoms with Crippen LogP contribution >= 0.6 is 0 Å². The molecule has 0 spiro atoms. The lowest BCUT2D eigenvalue weighted by molar-refractivity contribution is 0.594. The Morgan fingerprint density at radius 3 is 2.21 bits per heavy atom. The first kappa shape index (κ1) is 11.0. The summed E-state index contributed by atoms with van der Waals surface area (Å²) in [7, 11) is 1.98. The molecule has 0 saturated heterocycles. The predicted molar refractivity (Wildman–Crippen MR) is 62.2 cm³/mol. The molecular formula is C13H19N. The van der Waals surface area contributed by atoms with Gasteiger partial charge in [-0.2, -0.15) is 0 Å². The largest absolute Gasteiger partial charge is 0.310 e. The van der Waals surface area contributed by atoms with E-state index in [1.165, 1.54) is 11.1 Å². The minimum absolute atomic E-state index is 0.274. The lowest BCUT2D eigenvalue weighted by Gasteiger charge is -2.22. The number of rotatable bonds is 4. The van der Waals surface area contributed by atoms with Crippen molar-refractivity contribution >= 4 is 0 Å². The maximum atomic E-state index is 4.14. The standard InChI is InChI=1S/C13H19N/c1-10(2)11(3)13(14-4)12-8-6-5-7-9-12/h5-10,13-14H,3H2,1-2,4H3. The molecule has 0 bridgehead atoms. The van der Waals surface area contributed by atoms with E-state index in [9.17, 15) is 0 Å². The Labute approximate surface area is 86.8 Å². The van der Waals surface area contributed by atoms with Crippen LogP contribution in [0.25, 0.3) is 0 Å². The van der Waals surface area contributed by atoms with E-state index >= 15 is 0 Å². The molecule has 0 aliphatic carbocycles. The average molecular weight is 189 g/mol. The van der Waals surface area contributed by atoms with Gasteiger partial charge >= 0.3 is 0 Å². The molecule has 1 heteroatoms. The van der Waals surface area contributed by atoms with Gasteiger partial charge in [-0.25, -0.2) is 0 Å². The quantitative estimate of drug-likeness (QED) is 0.717. The van der Waals surface area contributed by atoms with Crippen molar-refractivity contribution in [3.05, 3.63) is 48.0 Å². The van der Waals surface area contributed by atoms with Crippen LogP contribution in [0.15, 0.2) is 42.5 Å². The van der Waals surface area contributed by atoms with Crippen LogP contribution in [0.3, 0.4) is 0 Å². The van der Waals surface area contributed by atoms with Crippen LogP contribution in [0.1, 0.15) is 25.5 Å². The van der Waals surface area contributed by atoms with Crippen molar-refractivity contribution in [2.45, 2.75) is 19.9 Å². The van der Waals surface area contributed by atoms with Gasteiger partial charge in [0.25, 0.3) is 0 Å². The molecular weight excluding hydrogens is 170 g/mol. The van der Waals surface area contributed by atoms with Gasteiger partial charge in [0, 0.05) is 0 Å². The molecule has 0 fully saturated rings. The van der Waals surface area contributed by atoms with Crippen LogP contribution < -0.4 is 5.32 Å². The van der Waals surface area contributed by atoms with Gasteiger partial charge in [-0.3, -0.25) is 0 Å². The molecule has 1 unspecified atom stereocenters. The maximum Gasteiger partial charge on any atom is 0.0533 e. The lowest BCUT2D eigenvalue weighted by Crippen LogP contribution is -2.20. The van der Waals surface area contributed by atoms with Crippen molar-refractivity contribution in [3.63, 3.8) is 0 Å². The summed E-state index contributed by atoms with van der Waals surface area (Å²) in [6.45, 7) is 8.49. The molecule has 0 radical (unpaired) electrons. The van der Waals surface area contributed by atoms with Gasteiger partial charge < -0.3 is 5.32 Å². The van der Waals surface area contributed by atoms with Crippen molar-refractivity contribution in [1.82, 2.24) is 5.32 Å². The smallest absolute Gasteiger partial charge is 0.0533 e. The minimum Gasteiger partial charge on any atom is -0.310 e. The van der Waals surface area contributed by atoms with Gasteiger partial charge in [-0.05, 0) is 18.5 Å². The molecule has 0 saturated carbocycles. The SMILES string of the molecule is C=C(C(C)C)C(NC)c1ccccc1. The molecule has 0 heterocycles. The number of nitrogens with one attached hydrogen (secondary N) is 1. The van der Waals surface area contributed by atoms with Crippen molar-refractivity contribution in [1.29, 1.82) is 0 Å². The normalized spacial score (nSPS) is 12.9. The highest BCUT2D eigenvalue weighted by molar-refractivity contribution is 5.27. The summed E-state index contributed by atoms with van der Waals surface area (Å²) in [5.74, 6) is 0.507. The van der Waals surface area contributed by atoms with E-state index in [2.05, 4.69) is 50.0 Å². The zero-order valence-corrected chi connectivity index (χ0v) is 9.25. The molecule has 0 aliphatic rings. The Morgan fingerprint density at radius 1 is 1.21 bits per heavy atom. The zero-order valence-electron chi connectivity index (χ0n) is 9.25. The molecule has 1 atom stereocenters. The molecule has 0 amide bonds. The van der Waals surface area contributed by atoms with E-state index in [1.807, 2.05) is 13.1 Å². The third-order valence-electron chi connectivity index (χ3n) is 2.53. The average Bonchev–Trinajstić information content (AvgIpc) is 2.20. The molecule has 76 valence electrons. The molecule has 1 aromatic carbocycles. The van der Waals surface area contributed by atoms with Crippen LogP contribution in [0.2, 0.25) is 0 Å². The first-order valence-corrected chi connectivity index (χ1v) is 5.07. The van der Waals surface area contributed by atoms with Gasteiger partial charge in [0.1, 0.15) is 0 Å². The van der Waals surface area contributed by atoms with Crippen LogP contribution in [-0.4, -0.2) is 7.05 Å². The third kappa shape index (κ3) is 2.46. The first-order valence-electron chi connectivity index (χ1n) is 5.07. The second-order valence-corrected chi connectivity index (χ2v) is 3.86. The van der Waals surface area contributed by atoms with Crippen LogP contribution in [0.5, 0.6) is 0 Å². The predicted octanol–water partition coefficient (Wildman–Crippen LogP) is 3.16. The fourth-order valence-corrected chi connectivity index (χ4v) is 1.54. The Kier molecular flexibility index (Phi) is 3.90. The summed E-state index contributed by atoms with van der Waals surface area (Å²) in [6, 6.07) is 10.7. The molecule has 0 aromatic heterocycles.